The average Bonchev–Trinajstić information content (AvgIpc) is 2.39. The van der Waals surface area contributed by atoms with Crippen molar-refractivity contribution in [3.63, 3.8) is 0 Å². The summed E-state index contributed by atoms with van der Waals surface area (Å²) in [6.45, 7) is 7.69. The van der Waals surface area contributed by atoms with Crippen molar-refractivity contribution < 1.29 is 0 Å². The fraction of sp³-hybridized carbons (Fsp3) is 0.143. The molecular formula is C14H12Cl2N2OS. The normalized spacial score (nSPS) is 10.7. The van der Waals surface area contributed by atoms with E-state index in [2.05, 4.69) is 18.1 Å². The smallest absolute Gasteiger partial charge is 0.262 e. The van der Waals surface area contributed by atoms with Gasteiger partial charge in [0.2, 0.25) is 0 Å². The van der Waals surface area contributed by atoms with Crippen LogP contribution in [0, 0.1) is 0 Å². The first-order valence-corrected chi connectivity index (χ1v) is 7.54. The number of allylic oxidation sites excluding steroid dienone is 1. The van der Waals surface area contributed by atoms with Crippen LogP contribution in [0.1, 0.15) is 0 Å². The number of aromatic nitrogens is 2. The summed E-state index contributed by atoms with van der Waals surface area (Å²) in [6.07, 6.45) is 1.66. The van der Waals surface area contributed by atoms with Crippen LogP contribution in [0.3, 0.4) is 0 Å². The molecular weight excluding hydrogens is 315 g/mol. The van der Waals surface area contributed by atoms with Crippen molar-refractivity contribution in [3.8, 4) is 0 Å². The summed E-state index contributed by atoms with van der Waals surface area (Å²) in [7, 11) is 0. The van der Waals surface area contributed by atoms with Gasteiger partial charge in [-0.25, -0.2) is 4.98 Å². The maximum absolute atomic E-state index is 12.5. The van der Waals surface area contributed by atoms with E-state index in [-0.39, 0.29) is 5.56 Å². The minimum atomic E-state index is -0.116. The summed E-state index contributed by atoms with van der Waals surface area (Å²) in [4.78, 5) is 16.9. The van der Waals surface area contributed by atoms with Crippen LogP contribution in [-0.4, -0.2) is 15.3 Å². The Morgan fingerprint density at radius 2 is 2.25 bits per heavy atom. The second-order valence-electron chi connectivity index (χ2n) is 4.07. The van der Waals surface area contributed by atoms with Gasteiger partial charge in [0.25, 0.3) is 5.56 Å². The molecule has 0 saturated heterocycles. The van der Waals surface area contributed by atoms with Gasteiger partial charge in [-0.05, 0) is 18.2 Å². The molecule has 0 bridgehead atoms. The lowest BCUT2D eigenvalue weighted by Crippen LogP contribution is -2.22. The van der Waals surface area contributed by atoms with Gasteiger partial charge in [0.05, 0.1) is 10.9 Å². The third kappa shape index (κ3) is 3.26. The molecule has 0 aliphatic carbocycles. The maximum atomic E-state index is 12.5. The Morgan fingerprint density at radius 3 is 2.90 bits per heavy atom. The van der Waals surface area contributed by atoms with Crippen LogP contribution < -0.4 is 5.56 Å². The first-order chi connectivity index (χ1) is 9.52. The minimum absolute atomic E-state index is 0.116. The summed E-state index contributed by atoms with van der Waals surface area (Å²) < 4.78 is 1.56. The Balaban J connectivity index is 2.63. The monoisotopic (exact) mass is 326 g/mol. The highest BCUT2D eigenvalue weighted by Crippen LogP contribution is 2.22. The molecule has 2 aromatic rings. The Hall–Kier alpha value is -1.23. The van der Waals surface area contributed by atoms with Gasteiger partial charge in [0.1, 0.15) is 0 Å². The Morgan fingerprint density at radius 1 is 1.50 bits per heavy atom. The van der Waals surface area contributed by atoms with Gasteiger partial charge >= 0.3 is 0 Å². The van der Waals surface area contributed by atoms with E-state index in [9.17, 15) is 4.79 Å². The lowest BCUT2D eigenvalue weighted by molar-refractivity contribution is 0.672. The van der Waals surface area contributed by atoms with Crippen LogP contribution in [0.25, 0.3) is 10.9 Å². The Labute approximate surface area is 130 Å². The SMILES string of the molecule is C=CCn1c(SCC(=C)Cl)nc2cc(Cl)ccc2c1=O. The number of rotatable bonds is 5. The molecule has 1 aromatic heterocycles. The molecule has 0 amide bonds. The van der Waals surface area contributed by atoms with Crippen molar-refractivity contribution in [2.24, 2.45) is 0 Å². The van der Waals surface area contributed by atoms with Gasteiger partial charge in [-0.15, -0.1) is 6.58 Å². The van der Waals surface area contributed by atoms with Gasteiger partial charge in [-0.1, -0.05) is 47.6 Å². The number of thioether (sulfide) groups is 1. The predicted molar refractivity (Wildman–Crippen MR) is 86.9 cm³/mol. The van der Waals surface area contributed by atoms with E-state index in [0.717, 1.165) is 0 Å². The molecule has 0 spiro atoms. The molecule has 0 atom stereocenters. The fourth-order valence-electron chi connectivity index (χ4n) is 1.72. The highest BCUT2D eigenvalue weighted by Gasteiger charge is 2.11. The molecule has 0 aliphatic heterocycles. The molecule has 0 N–H and O–H groups in total. The van der Waals surface area contributed by atoms with Crippen molar-refractivity contribution in [2.45, 2.75) is 11.7 Å². The Kier molecular flexibility index (Phi) is 4.91. The first kappa shape index (κ1) is 15.2. The van der Waals surface area contributed by atoms with E-state index in [0.29, 0.717) is 38.4 Å². The first-order valence-electron chi connectivity index (χ1n) is 5.80. The van der Waals surface area contributed by atoms with Crippen molar-refractivity contribution >= 4 is 45.9 Å². The van der Waals surface area contributed by atoms with Gasteiger partial charge in [-0.3, -0.25) is 9.36 Å². The summed E-state index contributed by atoms with van der Waals surface area (Å²) >= 11 is 13.1. The molecule has 0 saturated carbocycles. The molecule has 1 heterocycles. The van der Waals surface area contributed by atoms with Crippen LogP contribution in [0.2, 0.25) is 5.02 Å². The third-order valence-corrected chi connectivity index (χ3v) is 4.14. The number of benzene rings is 1. The van der Waals surface area contributed by atoms with Crippen molar-refractivity contribution in [1.82, 2.24) is 9.55 Å². The van der Waals surface area contributed by atoms with Crippen molar-refractivity contribution in [2.75, 3.05) is 5.75 Å². The molecule has 6 heteroatoms. The third-order valence-electron chi connectivity index (χ3n) is 2.55. The number of nitrogens with zero attached hydrogens (tertiary/aromatic N) is 2. The second-order valence-corrected chi connectivity index (χ2v) is 5.98. The highest BCUT2D eigenvalue weighted by molar-refractivity contribution is 7.99. The second kappa shape index (κ2) is 6.48. The van der Waals surface area contributed by atoms with Crippen LogP contribution in [0.4, 0.5) is 0 Å². The lowest BCUT2D eigenvalue weighted by atomic mass is 10.2. The largest absolute Gasteiger partial charge is 0.283 e. The molecule has 0 fully saturated rings. The van der Waals surface area contributed by atoms with Gasteiger partial charge in [0.15, 0.2) is 5.16 Å². The highest BCUT2D eigenvalue weighted by atomic mass is 35.5. The number of halogens is 2. The van der Waals surface area contributed by atoms with Crippen LogP contribution in [-0.2, 0) is 6.54 Å². The topological polar surface area (TPSA) is 34.9 Å². The van der Waals surface area contributed by atoms with Crippen LogP contribution >= 0.6 is 35.0 Å². The fourth-order valence-corrected chi connectivity index (χ4v) is 2.81. The van der Waals surface area contributed by atoms with E-state index >= 15 is 0 Å². The zero-order valence-corrected chi connectivity index (χ0v) is 12.9. The molecule has 20 heavy (non-hydrogen) atoms. The van der Waals surface area contributed by atoms with Crippen molar-refractivity contribution in [3.05, 3.63) is 57.8 Å². The molecule has 0 aliphatic rings. The zero-order chi connectivity index (χ0) is 14.7. The van der Waals surface area contributed by atoms with Gasteiger partial charge in [-0.2, -0.15) is 0 Å². The minimum Gasteiger partial charge on any atom is -0.283 e. The molecule has 1 aromatic carbocycles. The van der Waals surface area contributed by atoms with E-state index in [1.54, 1.807) is 28.8 Å². The Bertz CT molecular complexity index is 740. The summed E-state index contributed by atoms with van der Waals surface area (Å²) in [6, 6.07) is 5.04. The van der Waals surface area contributed by atoms with Gasteiger partial charge < -0.3 is 0 Å². The standard InChI is InChI=1S/C14H12Cl2N2OS/c1-3-6-18-13(19)11-5-4-10(16)7-12(11)17-14(18)20-8-9(2)15/h3-5,7H,1-2,6,8H2. The van der Waals surface area contributed by atoms with E-state index in [4.69, 9.17) is 23.2 Å². The number of hydrogen-bond acceptors (Lipinski definition) is 3. The van der Waals surface area contributed by atoms with E-state index in [1.165, 1.54) is 11.8 Å². The zero-order valence-electron chi connectivity index (χ0n) is 10.6. The lowest BCUT2D eigenvalue weighted by Gasteiger charge is -2.11. The van der Waals surface area contributed by atoms with Crippen molar-refractivity contribution in [1.29, 1.82) is 0 Å². The average molecular weight is 327 g/mol. The van der Waals surface area contributed by atoms with Gasteiger partial charge in [0, 0.05) is 22.4 Å². The number of hydrogen-bond donors (Lipinski definition) is 0. The molecule has 0 radical (unpaired) electrons. The maximum Gasteiger partial charge on any atom is 0.262 e. The summed E-state index contributed by atoms with van der Waals surface area (Å²) in [5.41, 5.74) is 0.458. The quantitative estimate of drug-likeness (QED) is 0.471. The van der Waals surface area contributed by atoms with Crippen LogP contribution in [0.5, 0.6) is 0 Å². The molecule has 0 unspecified atom stereocenters. The number of fused-ring (bicyclic) bond motifs is 1. The molecule has 3 nitrogen and oxygen atoms in total. The summed E-state index contributed by atoms with van der Waals surface area (Å²) in [5, 5.41) is 2.15. The molecule has 2 rings (SSSR count). The summed E-state index contributed by atoms with van der Waals surface area (Å²) in [5.74, 6) is 0.483. The van der Waals surface area contributed by atoms with Crippen LogP contribution in [0.15, 0.2) is 52.4 Å². The predicted octanol–water partition coefficient (Wildman–Crippen LogP) is 4.08. The molecule has 104 valence electrons. The van der Waals surface area contributed by atoms with E-state index in [1.807, 2.05) is 0 Å². The van der Waals surface area contributed by atoms with E-state index < -0.39 is 0 Å².